The summed E-state index contributed by atoms with van der Waals surface area (Å²) in [4.78, 5) is 12.7. The molecule has 2 heterocycles. The van der Waals surface area contributed by atoms with Gasteiger partial charge in [-0.2, -0.15) is 0 Å². The molecule has 3 aromatic rings. The van der Waals surface area contributed by atoms with E-state index in [9.17, 15) is 4.79 Å². The quantitative estimate of drug-likeness (QED) is 0.734. The number of hydrogen-bond donors (Lipinski definition) is 1. The third-order valence-corrected chi connectivity index (χ3v) is 3.89. The van der Waals surface area contributed by atoms with E-state index in [0.29, 0.717) is 5.56 Å². The van der Waals surface area contributed by atoms with Crippen LogP contribution in [0.5, 0.6) is 0 Å². The average Bonchev–Trinajstić information content (AvgIpc) is 2.98. The van der Waals surface area contributed by atoms with Crippen molar-refractivity contribution in [1.29, 1.82) is 0 Å². The van der Waals surface area contributed by atoms with Crippen LogP contribution in [0.4, 0.5) is 5.69 Å². The first-order valence-electron chi connectivity index (χ1n) is 6.97. The summed E-state index contributed by atoms with van der Waals surface area (Å²) < 4.78 is 1.73. The number of nitrogens with zero attached hydrogens (tertiary/aromatic N) is 1. The molecule has 0 bridgehead atoms. The Labute approximate surface area is 122 Å². The highest BCUT2D eigenvalue weighted by Gasteiger charge is 2.26. The van der Waals surface area contributed by atoms with Crippen molar-refractivity contribution in [3.05, 3.63) is 89.7 Å². The first-order chi connectivity index (χ1) is 10.3. The SMILES string of the molecule is O=C1c2ccccc2NC(c2ccccc2)c2cccn21. The molecule has 21 heavy (non-hydrogen) atoms. The Morgan fingerprint density at radius 3 is 2.48 bits per heavy atom. The summed E-state index contributed by atoms with van der Waals surface area (Å²) in [6.07, 6.45) is 1.83. The number of rotatable bonds is 1. The van der Waals surface area contributed by atoms with Gasteiger partial charge >= 0.3 is 0 Å². The number of hydrogen-bond acceptors (Lipinski definition) is 2. The van der Waals surface area contributed by atoms with Crippen LogP contribution in [-0.2, 0) is 0 Å². The average molecular weight is 274 g/mol. The lowest BCUT2D eigenvalue weighted by Crippen LogP contribution is -2.15. The number of para-hydroxylation sites is 1. The van der Waals surface area contributed by atoms with Crippen molar-refractivity contribution in [2.75, 3.05) is 5.32 Å². The van der Waals surface area contributed by atoms with E-state index in [2.05, 4.69) is 17.4 Å². The predicted octanol–water partition coefficient (Wildman–Crippen LogP) is 3.69. The molecule has 0 aliphatic carbocycles. The van der Waals surface area contributed by atoms with E-state index in [-0.39, 0.29) is 11.9 Å². The van der Waals surface area contributed by atoms with Crippen LogP contribution < -0.4 is 5.32 Å². The second kappa shape index (κ2) is 4.63. The molecule has 1 aliphatic heterocycles. The van der Waals surface area contributed by atoms with Crippen LogP contribution in [0.25, 0.3) is 0 Å². The maximum absolute atomic E-state index is 12.7. The normalized spacial score (nSPS) is 16.6. The molecule has 0 spiro atoms. The molecule has 102 valence electrons. The highest BCUT2D eigenvalue weighted by atomic mass is 16.2. The largest absolute Gasteiger partial charge is 0.372 e. The minimum Gasteiger partial charge on any atom is -0.372 e. The molecule has 0 radical (unpaired) electrons. The number of aromatic nitrogens is 1. The Morgan fingerprint density at radius 1 is 0.857 bits per heavy atom. The van der Waals surface area contributed by atoms with Crippen LogP contribution in [-0.4, -0.2) is 10.5 Å². The molecule has 2 aromatic carbocycles. The standard InChI is InChI=1S/C18H14N2O/c21-18-14-9-4-5-10-15(14)19-17(13-7-2-1-3-8-13)16-11-6-12-20(16)18/h1-12,17,19H. The maximum atomic E-state index is 12.7. The van der Waals surface area contributed by atoms with Crippen LogP contribution in [0.3, 0.4) is 0 Å². The molecular weight excluding hydrogens is 260 g/mol. The first-order valence-corrected chi connectivity index (χ1v) is 6.97. The molecule has 1 aromatic heterocycles. The Morgan fingerprint density at radius 2 is 1.62 bits per heavy atom. The summed E-state index contributed by atoms with van der Waals surface area (Å²) in [6, 6.07) is 21.7. The van der Waals surface area contributed by atoms with Gasteiger partial charge in [-0.1, -0.05) is 42.5 Å². The van der Waals surface area contributed by atoms with Gasteiger partial charge in [0, 0.05) is 11.9 Å². The Bertz CT molecular complexity index is 805. The van der Waals surface area contributed by atoms with Gasteiger partial charge in [0.05, 0.1) is 17.3 Å². The molecule has 3 heteroatoms. The summed E-state index contributed by atoms with van der Waals surface area (Å²) in [7, 11) is 0. The maximum Gasteiger partial charge on any atom is 0.264 e. The van der Waals surface area contributed by atoms with E-state index < -0.39 is 0 Å². The monoisotopic (exact) mass is 274 g/mol. The number of carbonyl (C=O) groups is 1. The Hall–Kier alpha value is -2.81. The van der Waals surface area contributed by atoms with Crippen molar-refractivity contribution in [3.63, 3.8) is 0 Å². The summed E-state index contributed by atoms with van der Waals surface area (Å²) >= 11 is 0. The fourth-order valence-corrected chi connectivity index (χ4v) is 2.87. The minimum absolute atomic E-state index is 0.0107. The van der Waals surface area contributed by atoms with Gasteiger partial charge in [0.25, 0.3) is 5.91 Å². The van der Waals surface area contributed by atoms with E-state index in [1.165, 1.54) is 0 Å². The summed E-state index contributed by atoms with van der Waals surface area (Å²) in [6.45, 7) is 0. The van der Waals surface area contributed by atoms with Crippen molar-refractivity contribution in [1.82, 2.24) is 4.57 Å². The number of fused-ring (bicyclic) bond motifs is 2. The number of anilines is 1. The van der Waals surface area contributed by atoms with Crippen molar-refractivity contribution < 1.29 is 4.79 Å². The first kappa shape index (κ1) is 12.0. The topological polar surface area (TPSA) is 34.0 Å². The zero-order chi connectivity index (χ0) is 14.2. The number of benzene rings is 2. The smallest absolute Gasteiger partial charge is 0.264 e. The van der Waals surface area contributed by atoms with E-state index in [0.717, 1.165) is 16.9 Å². The van der Waals surface area contributed by atoms with Gasteiger partial charge in [0.15, 0.2) is 0 Å². The molecule has 1 atom stereocenters. The molecule has 4 rings (SSSR count). The van der Waals surface area contributed by atoms with E-state index in [1.54, 1.807) is 4.57 Å². The second-order valence-corrected chi connectivity index (χ2v) is 5.14. The molecule has 1 unspecified atom stereocenters. The van der Waals surface area contributed by atoms with Crippen LogP contribution in [0.1, 0.15) is 27.7 Å². The molecule has 0 saturated heterocycles. The molecule has 0 fully saturated rings. The van der Waals surface area contributed by atoms with E-state index in [1.807, 2.05) is 60.8 Å². The van der Waals surface area contributed by atoms with Gasteiger partial charge in [-0.3, -0.25) is 9.36 Å². The highest BCUT2D eigenvalue weighted by Crippen LogP contribution is 2.32. The van der Waals surface area contributed by atoms with Gasteiger partial charge in [0.2, 0.25) is 0 Å². The van der Waals surface area contributed by atoms with E-state index >= 15 is 0 Å². The van der Waals surface area contributed by atoms with Crippen LogP contribution in [0, 0.1) is 0 Å². The third kappa shape index (κ3) is 1.86. The minimum atomic E-state index is -0.0335. The van der Waals surface area contributed by atoms with Gasteiger partial charge in [-0.05, 0) is 29.8 Å². The Balaban J connectivity index is 1.94. The molecule has 1 N–H and O–H groups in total. The van der Waals surface area contributed by atoms with Crippen LogP contribution in [0.2, 0.25) is 0 Å². The molecule has 0 amide bonds. The molecule has 1 aliphatic rings. The molecular formula is C18H14N2O. The summed E-state index contributed by atoms with van der Waals surface area (Å²) in [5, 5.41) is 3.51. The third-order valence-electron chi connectivity index (χ3n) is 3.89. The summed E-state index contributed by atoms with van der Waals surface area (Å²) in [5.74, 6) is 0.0107. The van der Waals surface area contributed by atoms with Gasteiger partial charge in [0.1, 0.15) is 0 Å². The lowest BCUT2D eigenvalue weighted by molar-refractivity contribution is 0.0959. The van der Waals surface area contributed by atoms with Gasteiger partial charge < -0.3 is 5.32 Å². The molecule has 0 saturated carbocycles. The van der Waals surface area contributed by atoms with Crippen LogP contribution >= 0.6 is 0 Å². The summed E-state index contributed by atoms with van der Waals surface area (Å²) in [5.41, 5.74) is 3.68. The van der Waals surface area contributed by atoms with Crippen molar-refractivity contribution in [3.8, 4) is 0 Å². The fraction of sp³-hybridized carbons (Fsp3) is 0.0556. The van der Waals surface area contributed by atoms with Crippen molar-refractivity contribution in [2.45, 2.75) is 6.04 Å². The van der Waals surface area contributed by atoms with E-state index in [4.69, 9.17) is 0 Å². The fourth-order valence-electron chi connectivity index (χ4n) is 2.87. The second-order valence-electron chi connectivity index (χ2n) is 5.14. The number of carbonyl (C=O) groups excluding carboxylic acids is 1. The highest BCUT2D eigenvalue weighted by molar-refractivity contribution is 6.02. The van der Waals surface area contributed by atoms with Gasteiger partial charge in [-0.15, -0.1) is 0 Å². The number of nitrogens with one attached hydrogen (secondary N) is 1. The van der Waals surface area contributed by atoms with Crippen LogP contribution in [0.15, 0.2) is 72.9 Å². The Kier molecular flexibility index (Phi) is 2.64. The van der Waals surface area contributed by atoms with Gasteiger partial charge in [-0.25, -0.2) is 0 Å². The zero-order valence-corrected chi connectivity index (χ0v) is 11.4. The lowest BCUT2D eigenvalue weighted by Gasteiger charge is -2.19. The van der Waals surface area contributed by atoms with Crippen molar-refractivity contribution in [2.24, 2.45) is 0 Å². The lowest BCUT2D eigenvalue weighted by atomic mass is 10.0. The molecule has 3 nitrogen and oxygen atoms in total. The zero-order valence-electron chi connectivity index (χ0n) is 11.4. The predicted molar refractivity (Wildman–Crippen MR) is 82.5 cm³/mol. The van der Waals surface area contributed by atoms with Crippen molar-refractivity contribution >= 4 is 11.6 Å².